The molecule has 0 aromatic heterocycles. The van der Waals surface area contributed by atoms with Crippen LogP contribution >= 0.6 is 20.6 Å². The van der Waals surface area contributed by atoms with E-state index in [0.717, 1.165) is 12.1 Å². The fraction of sp³-hybridized carbons (Fsp3) is 1.00. The Labute approximate surface area is 112 Å². The van der Waals surface area contributed by atoms with Crippen molar-refractivity contribution in [3.8, 4) is 0 Å². The summed E-state index contributed by atoms with van der Waals surface area (Å²) in [5.74, 6) is 0. The molecule has 1 saturated heterocycles. The van der Waals surface area contributed by atoms with Gasteiger partial charge in [-0.1, -0.05) is 6.42 Å². The Morgan fingerprint density at radius 1 is 0.941 bits per heavy atom. The standard InChI is InChI=1S/C13H32N2S2/c1-12-10-9-11-13(2)15(12)17(7,8)14(3)16(4,5)6/h12-13H,9-11H2,1-8H3. The van der Waals surface area contributed by atoms with Crippen LogP contribution in [-0.4, -0.2) is 58.4 Å². The molecule has 17 heavy (non-hydrogen) atoms. The van der Waals surface area contributed by atoms with Gasteiger partial charge in [0, 0.05) is 19.1 Å². The lowest BCUT2D eigenvalue weighted by Gasteiger charge is -2.60. The minimum Gasteiger partial charge on any atom is -0.250 e. The second-order valence-electron chi connectivity index (χ2n) is 6.42. The minimum atomic E-state index is -0.814. The number of hydrogen-bond donors (Lipinski definition) is 0. The third-order valence-electron chi connectivity index (χ3n) is 4.03. The first-order valence-electron chi connectivity index (χ1n) is 6.52. The van der Waals surface area contributed by atoms with Crippen molar-refractivity contribution < 1.29 is 0 Å². The van der Waals surface area contributed by atoms with Gasteiger partial charge in [0.25, 0.3) is 0 Å². The molecule has 1 heterocycles. The molecule has 1 rings (SSSR count). The molecule has 0 saturated carbocycles. The van der Waals surface area contributed by atoms with Gasteiger partial charge in [-0.05, 0) is 58.0 Å². The van der Waals surface area contributed by atoms with Gasteiger partial charge < -0.3 is 0 Å². The molecule has 0 spiro atoms. The van der Waals surface area contributed by atoms with Crippen LogP contribution in [0.25, 0.3) is 0 Å². The van der Waals surface area contributed by atoms with Crippen molar-refractivity contribution in [2.75, 3.05) is 38.3 Å². The van der Waals surface area contributed by atoms with Crippen molar-refractivity contribution in [2.24, 2.45) is 0 Å². The van der Waals surface area contributed by atoms with Crippen LogP contribution in [-0.2, 0) is 0 Å². The summed E-state index contributed by atoms with van der Waals surface area (Å²) in [6.07, 6.45) is 16.3. The average molecular weight is 281 g/mol. The van der Waals surface area contributed by atoms with Crippen LogP contribution in [0.1, 0.15) is 33.1 Å². The second kappa shape index (κ2) is 5.32. The van der Waals surface area contributed by atoms with E-state index in [1.165, 1.54) is 19.3 Å². The fourth-order valence-corrected chi connectivity index (χ4v) is 9.80. The van der Waals surface area contributed by atoms with Crippen molar-refractivity contribution in [3.05, 3.63) is 0 Å². The number of nitrogens with zero attached hydrogens (tertiary/aromatic N) is 2. The van der Waals surface area contributed by atoms with Crippen molar-refractivity contribution >= 4 is 20.6 Å². The summed E-state index contributed by atoms with van der Waals surface area (Å²) in [7, 11) is 0.890. The number of hydrogen-bond acceptors (Lipinski definition) is 2. The van der Waals surface area contributed by atoms with Gasteiger partial charge >= 0.3 is 0 Å². The molecule has 2 unspecified atom stereocenters. The van der Waals surface area contributed by atoms with Gasteiger partial charge in [-0.15, -0.1) is 10.4 Å². The van der Waals surface area contributed by atoms with E-state index in [-0.39, 0.29) is 0 Å². The van der Waals surface area contributed by atoms with Gasteiger partial charge in [-0.3, -0.25) is 4.31 Å². The molecule has 0 N–H and O–H groups in total. The molecule has 1 aliphatic rings. The summed E-state index contributed by atoms with van der Waals surface area (Å²) in [6, 6.07) is 1.49. The van der Waals surface area contributed by atoms with Gasteiger partial charge in [0.2, 0.25) is 0 Å². The Hall–Kier alpha value is 0.620. The third kappa shape index (κ3) is 3.34. The summed E-state index contributed by atoms with van der Waals surface area (Å²) in [6.45, 7) is 4.83. The van der Waals surface area contributed by atoms with Gasteiger partial charge in [0.05, 0.1) is 0 Å². The molecule has 106 valence electrons. The lowest BCUT2D eigenvalue weighted by molar-refractivity contribution is 0.213. The first-order valence-corrected chi connectivity index (χ1v) is 11.7. The van der Waals surface area contributed by atoms with Gasteiger partial charge in [-0.25, -0.2) is 3.71 Å². The topological polar surface area (TPSA) is 6.48 Å². The third-order valence-corrected chi connectivity index (χ3v) is 11.0. The maximum absolute atomic E-state index is 2.81. The zero-order valence-electron chi connectivity index (χ0n) is 13.0. The first-order chi connectivity index (χ1) is 7.58. The van der Waals surface area contributed by atoms with Crippen LogP contribution in [0.2, 0.25) is 0 Å². The minimum absolute atomic E-state index is 0.628. The van der Waals surface area contributed by atoms with Crippen LogP contribution < -0.4 is 0 Å². The lowest BCUT2D eigenvalue weighted by Crippen LogP contribution is -2.49. The Balaban J connectivity index is 2.94. The van der Waals surface area contributed by atoms with Crippen LogP contribution in [0, 0.1) is 0 Å². The van der Waals surface area contributed by atoms with E-state index in [0.29, 0.717) is 0 Å². The molecule has 4 heteroatoms. The summed E-state index contributed by atoms with van der Waals surface area (Å²) in [5.41, 5.74) is 0. The second-order valence-corrected chi connectivity index (χ2v) is 14.2. The smallest absolute Gasteiger partial charge is 0.0173 e. The van der Waals surface area contributed by atoms with Gasteiger partial charge in [0.1, 0.15) is 0 Å². The van der Waals surface area contributed by atoms with Crippen LogP contribution in [0.3, 0.4) is 0 Å². The highest BCUT2D eigenvalue weighted by molar-refractivity contribution is 8.43. The quantitative estimate of drug-likeness (QED) is 0.778. The van der Waals surface area contributed by atoms with E-state index in [1.54, 1.807) is 0 Å². The zero-order chi connectivity index (χ0) is 13.4. The summed E-state index contributed by atoms with van der Waals surface area (Å²) in [4.78, 5) is 0. The zero-order valence-corrected chi connectivity index (χ0v) is 14.6. The molecule has 0 aromatic rings. The highest BCUT2D eigenvalue weighted by Crippen LogP contribution is 2.61. The van der Waals surface area contributed by atoms with Crippen molar-refractivity contribution in [2.45, 2.75) is 45.2 Å². The molecule has 0 bridgehead atoms. The van der Waals surface area contributed by atoms with Crippen molar-refractivity contribution in [1.82, 2.24) is 8.02 Å². The van der Waals surface area contributed by atoms with Gasteiger partial charge in [-0.2, -0.15) is 10.2 Å². The van der Waals surface area contributed by atoms with E-state index >= 15 is 0 Å². The maximum Gasteiger partial charge on any atom is 0.0173 e. The van der Waals surface area contributed by atoms with E-state index in [9.17, 15) is 0 Å². The highest BCUT2D eigenvalue weighted by Gasteiger charge is 2.38. The monoisotopic (exact) mass is 280 g/mol. The normalized spacial score (nSPS) is 30.6. The molecule has 2 nitrogen and oxygen atoms in total. The molecule has 0 radical (unpaired) electrons. The average Bonchev–Trinajstić information content (AvgIpc) is 2.14. The molecule has 0 amide bonds. The Morgan fingerprint density at radius 2 is 1.35 bits per heavy atom. The molecule has 2 atom stereocenters. The number of rotatable bonds is 3. The Morgan fingerprint density at radius 3 is 1.71 bits per heavy atom. The molecule has 0 aliphatic carbocycles. The molecule has 0 aromatic carbocycles. The SMILES string of the molecule is CC1CCCC(C)N1S(C)(C)N(C)S(C)(C)C. The van der Waals surface area contributed by atoms with E-state index in [2.05, 4.69) is 60.2 Å². The summed E-state index contributed by atoms with van der Waals surface area (Å²) in [5, 5.41) is 0. The Kier molecular flexibility index (Phi) is 4.90. The molecular formula is C13H32N2S2. The fourth-order valence-electron chi connectivity index (χ4n) is 2.96. The molecule has 1 fully saturated rings. The van der Waals surface area contributed by atoms with Crippen molar-refractivity contribution in [1.29, 1.82) is 0 Å². The van der Waals surface area contributed by atoms with E-state index in [1.807, 2.05) is 0 Å². The molecule has 1 aliphatic heterocycles. The van der Waals surface area contributed by atoms with Crippen molar-refractivity contribution in [3.63, 3.8) is 0 Å². The van der Waals surface area contributed by atoms with E-state index in [4.69, 9.17) is 0 Å². The highest BCUT2D eigenvalue weighted by atomic mass is 32.3. The predicted molar refractivity (Wildman–Crippen MR) is 87.2 cm³/mol. The van der Waals surface area contributed by atoms with Crippen LogP contribution in [0.15, 0.2) is 0 Å². The predicted octanol–water partition coefficient (Wildman–Crippen LogP) is 3.68. The largest absolute Gasteiger partial charge is 0.250 e. The number of piperidine rings is 1. The van der Waals surface area contributed by atoms with Crippen LogP contribution in [0.5, 0.6) is 0 Å². The molecular weight excluding hydrogens is 248 g/mol. The summed E-state index contributed by atoms with van der Waals surface area (Å²) < 4.78 is 5.49. The van der Waals surface area contributed by atoms with Crippen LogP contribution in [0.4, 0.5) is 0 Å². The maximum atomic E-state index is 2.81. The van der Waals surface area contributed by atoms with Gasteiger partial charge in [0.15, 0.2) is 0 Å². The van der Waals surface area contributed by atoms with E-state index < -0.39 is 20.6 Å². The Bertz CT molecular complexity index is 251. The first kappa shape index (κ1) is 15.7. The lowest BCUT2D eigenvalue weighted by atomic mass is 10.0. The summed E-state index contributed by atoms with van der Waals surface area (Å²) >= 11 is 0.